The van der Waals surface area contributed by atoms with E-state index in [1.165, 1.54) is 16.7 Å². The molecule has 1 unspecified atom stereocenters. The Labute approximate surface area is 148 Å². The second-order valence-corrected chi connectivity index (χ2v) is 8.33. The molecular weight excluding hydrogens is 413 g/mol. The van der Waals surface area contributed by atoms with Gasteiger partial charge in [0, 0.05) is 26.1 Å². The van der Waals surface area contributed by atoms with Crippen molar-refractivity contribution in [1.29, 1.82) is 0 Å². The van der Waals surface area contributed by atoms with Crippen LogP contribution in [0.3, 0.4) is 0 Å². The van der Waals surface area contributed by atoms with Crippen LogP contribution < -0.4 is 5.32 Å². The Hall–Kier alpha value is -0.250. The van der Waals surface area contributed by atoms with E-state index in [1.807, 2.05) is 6.07 Å². The Morgan fingerprint density at radius 2 is 2.00 bits per heavy atom. The molecule has 0 saturated heterocycles. The Morgan fingerprint density at radius 1 is 1.24 bits per heavy atom. The van der Waals surface area contributed by atoms with Gasteiger partial charge < -0.3 is 5.32 Å². The van der Waals surface area contributed by atoms with E-state index in [0.717, 1.165) is 26.8 Å². The van der Waals surface area contributed by atoms with Crippen LogP contribution in [0, 0.1) is 5.92 Å². The highest BCUT2D eigenvalue weighted by molar-refractivity contribution is 9.12. The van der Waals surface area contributed by atoms with Crippen molar-refractivity contribution in [3.05, 3.63) is 55.1 Å². The number of dihydropyridines is 1. The third-order valence-electron chi connectivity index (χ3n) is 4.40. The highest BCUT2D eigenvalue weighted by Crippen LogP contribution is 2.44. The van der Waals surface area contributed by atoms with E-state index in [-0.39, 0.29) is 0 Å². The van der Waals surface area contributed by atoms with Gasteiger partial charge in [0.1, 0.15) is 0 Å². The summed E-state index contributed by atoms with van der Waals surface area (Å²) in [7, 11) is 0. The van der Waals surface area contributed by atoms with Crippen LogP contribution in [0.15, 0.2) is 38.9 Å². The van der Waals surface area contributed by atoms with Gasteiger partial charge in [-0.1, -0.05) is 41.4 Å². The number of allylic oxidation sites excluding steroid dienone is 2. The summed E-state index contributed by atoms with van der Waals surface area (Å²) in [5.41, 5.74) is 4.27. The fourth-order valence-electron chi connectivity index (χ4n) is 3.53. The second kappa shape index (κ2) is 6.10. The second-order valence-electron chi connectivity index (χ2n) is 6.12. The van der Waals surface area contributed by atoms with E-state index in [2.05, 4.69) is 69.4 Å². The van der Waals surface area contributed by atoms with Crippen molar-refractivity contribution >= 4 is 43.5 Å². The fourth-order valence-corrected chi connectivity index (χ4v) is 5.09. The lowest BCUT2D eigenvalue weighted by Crippen LogP contribution is -2.37. The zero-order valence-corrected chi connectivity index (χ0v) is 16.0. The van der Waals surface area contributed by atoms with Crippen LogP contribution in [-0.2, 0) is 6.42 Å². The maximum absolute atomic E-state index is 6.26. The molecule has 4 heteroatoms. The molecule has 21 heavy (non-hydrogen) atoms. The third-order valence-corrected chi connectivity index (χ3v) is 5.73. The molecule has 1 aliphatic carbocycles. The molecule has 0 aromatic heterocycles. The molecule has 1 aromatic rings. The summed E-state index contributed by atoms with van der Waals surface area (Å²) in [5.74, 6) is 0.989. The van der Waals surface area contributed by atoms with Crippen LogP contribution in [0.25, 0.3) is 0 Å². The first-order valence-corrected chi connectivity index (χ1v) is 9.23. The molecule has 2 aliphatic rings. The van der Waals surface area contributed by atoms with Gasteiger partial charge in [-0.05, 0) is 69.6 Å². The average Bonchev–Trinajstić information content (AvgIpc) is 2.55. The van der Waals surface area contributed by atoms with Crippen molar-refractivity contribution in [2.24, 2.45) is 5.92 Å². The van der Waals surface area contributed by atoms with E-state index < -0.39 is 0 Å². The third kappa shape index (κ3) is 2.97. The highest BCUT2D eigenvalue weighted by atomic mass is 79.9. The van der Waals surface area contributed by atoms with Gasteiger partial charge in [-0.3, -0.25) is 0 Å². The van der Waals surface area contributed by atoms with E-state index in [1.54, 1.807) is 0 Å². The first kappa shape index (κ1) is 15.6. The predicted molar refractivity (Wildman–Crippen MR) is 97.1 cm³/mol. The summed E-state index contributed by atoms with van der Waals surface area (Å²) in [6, 6.07) is 4.53. The van der Waals surface area contributed by atoms with Crippen LogP contribution in [-0.4, -0.2) is 6.04 Å². The minimum Gasteiger partial charge on any atom is -0.383 e. The molecule has 3 rings (SSSR count). The van der Waals surface area contributed by atoms with Crippen molar-refractivity contribution in [3.63, 3.8) is 0 Å². The molecule has 0 saturated carbocycles. The zero-order chi connectivity index (χ0) is 15.1. The predicted octanol–water partition coefficient (Wildman–Crippen LogP) is 5.92. The largest absolute Gasteiger partial charge is 0.383 e. The smallest absolute Gasteiger partial charge is 0.0543 e. The summed E-state index contributed by atoms with van der Waals surface area (Å²) >= 11 is 13.6. The lowest BCUT2D eigenvalue weighted by Gasteiger charge is -2.34. The number of rotatable bonds is 1. The Kier molecular flexibility index (Phi) is 4.54. The number of hydrogen-bond donors (Lipinski definition) is 1. The Bertz CT molecular complexity index is 634. The maximum atomic E-state index is 6.26. The molecule has 1 heterocycles. The van der Waals surface area contributed by atoms with Gasteiger partial charge in [-0.25, -0.2) is 0 Å². The number of halogens is 3. The topological polar surface area (TPSA) is 12.0 Å². The lowest BCUT2D eigenvalue weighted by molar-refractivity contribution is 0.414. The van der Waals surface area contributed by atoms with Gasteiger partial charge in [0.25, 0.3) is 0 Å². The maximum Gasteiger partial charge on any atom is 0.0543 e. The van der Waals surface area contributed by atoms with Crippen molar-refractivity contribution in [2.75, 3.05) is 0 Å². The average molecular weight is 432 g/mol. The lowest BCUT2D eigenvalue weighted by atomic mass is 9.79. The molecule has 0 spiro atoms. The van der Waals surface area contributed by atoms with E-state index in [4.69, 9.17) is 11.6 Å². The fraction of sp³-hybridized carbons (Fsp3) is 0.412. The van der Waals surface area contributed by atoms with E-state index >= 15 is 0 Å². The van der Waals surface area contributed by atoms with Gasteiger partial charge in [0.15, 0.2) is 0 Å². The molecular formula is C17H18Br2ClN. The minimum absolute atomic E-state index is 0.366. The van der Waals surface area contributed by atoms with Crippen molar-refractivity contribution in [1.82, 2.24) is 5.32 Å². The van der Waals surface area contributed by atoms with Crippen LogP contribution in [0.2, 0.25) is 5.02 Å². The van der Waals surface area contributed by atoms with Gasteiger partial charge >= 0.3 is 0 Å². The van der Waals surface area contributed by atoms with Crippen molar-refractivity contribution in [3.8, 4) is 0 Å². The standard InChI is InChI=1S/C17H18Br2ClN/c1-9(2)15-16-10(6-13(20)7-14(16)19)3-4-11-5-12(18)8-21-17(11)15/h5-9,15,17,21H,3-4H2,1-2H3/t15-,17?/m1/s1. The summed E-state index contributed by atoms with van der Waals surface area (Å²) < 4.78 is 2.26. The molecule has 0 radical (unpaired) electrons. The van der Waals surface area contributed by atoms with Gasteiger partial charge in [-0.15, -0.1) is 0 Å². The van der Waals surface area contributed by atoms with Crippen molar-refractivity contribution in [2.45, 2.75) is 38.6 Å². The van der Waals surface area contributed by atoms with Crippen LogP contribution in [0.4, 0.5) is 0 Å². The Balaban J connectivity index is 2.15. The van der Waals surface area contributed by atoms with Crippen LogP contribution >= 0.6 is 43.5 Å². The number of benzene rings is 1. The summed E-state index contributed by atoms with van der Waals surface area (Å²) in [4.78, 5) is 0. The molecule has 2 atom stereocenters. The molecule has 112 valence electrons. The number of nitrogens with one attached hydrogen (secondary N) is 1. The molecule has 1 aromatic carbocycles. The minimum atomic E-state index is 0.366. The van der Waals surface area contributed by atoms with Crippen LogP contribution in [0.1, 0.15) is 37.3 Å². The normalized spacial score (nSPS) is 24.5. The van der Waals surface area contributed by atoms with Crippen LogP contribution in [0.5, 0.6) is 0 Å². The van der Waals surface area contributed by atoms with E-state index in [9.17, 15) is 0 Å². The molecule has 0 amide bonds. The zero-order valence-electron chi connectivity index (χ0n) is 12.1. The SMILES string of the molecule is CC(C)[C@@H]1c2c(Br)cc(Cl)cc2CCC2=CC(Br)=CNC21. The first-order valence-electron chi connectivity index (χ1n) is 7.27. The number of hydrogen-bond acceptors (Lipinski definition) is 1. The Morgan fingerprint density at radius 3 is 2.71 bits per heavy atom. The summed E-state index contributed by atoms with van der Waals surface area (Å²) in [6.45, 7) is 4.60. The molecule has 1 N–H and O–H groups in total. The van der Waals surface area contributed by atoms with Gasteiger partial charge in [0.05, 0.1) is 6.04 Å². The van der Waals surface area contributed by atoms with Gasteiger partial charge in [0.2, 0.25) is 0 Å². The summed E-state index contributed by atoms with van der Waals surface area (Å²) in [6.07, 6.45) is 6.46. The summed E-state index contributed by atoms with van der Waals surface area (Å²) in [5, 5.41) is 4.41. The highest BCUT2D eigenvalue weighted by Gasteiger charge is 2.35. The monoisotopic (exact) mass is 429 g/mol. The number of fused-ring (bicyclic) bond motifs is 2. The number of aryl methyl sites for hydroxylation is 1. The van der Waals surface area contributed by atoms with Gasteiger partial charge in [-0.2, -0.15) is 0 Å². The van der Waals surface area contributed by atoms with E-state index in [0.29, 0.717) is 17.9 Å². The molecule has 0 bridgehead atoms. The first-order chi connectivity index (χ1) is 9.97. The molecule has 0 fully saturated rings. The molecule has 1 aliphatic heterocycles. The molecule has 1 nitrogen and oxygen atoms in total. The van der Waals surface area contributed by atoms with Crippen molar-refractivity contribution < 1.29 is 0 Å². The quantitative estimate of drug-likeness (QED) is 0.582.